The third-order valence-corrected chi connectivity index (χ3v) is 13.6. The molecule has 0 aromatic heterocycles. The molecule has 0 spiro atoms. The van der Waals surface area contributed by atoms with Crippen molar-refractivity contribution in [2.75, 3.05) is 6.61 Å². The predicted octanol–water partition coefficient (Wildman–Crippen LogP) is 15.9. The maximum atomic E-state index is 12.6. The van der Waals surface area contributed by atoms with Crippen molar-refractivity contribution in [1.29, 1.82) is 0 Å². The molecule has 366 valence electrons. The number of aliphatic hydroxyl groups excluding tert-OH is 4. The van der Waals surface area contributed by atoms with Gasteiger partial charge in [0.2, 0.25) is 5.91 Å². The number of rotatable bonds is 52. The Kier molecular flexibility index (Phi) is 49.7. The lowest BCUT2D eigenvalue weighted by molar-refractivity contribution is -0.132. The topological polar surface area (TPSA) is 110 Å². The Morgan fingerprint density at radius 1 is 0.344 bits per heavy atom. The molecule has 0 fully saturated rings. The molecular weight excluding hydrogens is 755 g/mol. The van der Waals surface area contributed by atoms with Crippen LogP contribution in [0.25, 0.3) is 0 Å². The maximum Gasteiger partial charge on any atom is 0.249 e. The van der Waals surface area contributed by atoms with Gasteiger partial charge in [0.1, 0.15) is 12.2 Å². The summed E-state index contributed by atoms with van der Waals surface area (Å²) in [7, 11) is 0. The highest BCUT2D eigenvalue weighted by Gasteiger charge is 2.28. The lowest BCUT2D eigenvalue weighted by Gasteiger charge is -2.27. The van der Waals surface area contributed by atoms with Gasteiger partial charge in [0.25, 0.3) is 0 Å². The maximum absolute atomic E-state index is 12.6. The van der Waals surface area contributed by atoms with Crippen LogP contribution < -0.4 is 5.32 Å². The van der Waals surface area contributed by atoms with E-state index >= 15 is 0 Å². The summed E-state index contributed by atoms with van der Waals surface area (Å²) in [5, 5.41) is 44.0. The second-order valence-electron chi connectivity index (χ2n) is 19.7. The summed E-state index contributed by atoms with van der Waals surface area (Å²) < 4.78 is 0. The van der Waals surface area contributed by atoms with Gasteiger partial charge >= 0.3 is 0 Å². The highest BCUT2D eigenvalue weighted by atomic mass is 16.3. The molecule has 0 radical (unpaired) electrons. The Morgan fingerprint density at radius 2 is 0.557 bits per heavy atom. The van der Waals surface area contributed by atoms with Gasteiger partial charge in [-0.15, -0.1) is 0 Å². The first-order chi connectivity index (χ1) is 30.0. The number of unbranched alkanes of at least 4 members (excludes halogenated alkanes) is 43. The summed E-state index contributed by atoms with van der Waals surface area (Å²) in [6, 6.07) is -0.980. The fraction of sp³-hybridized carbons (Fsp3) is 0.982. The fourth-order valence-corrected chi connectivity index (χ4v) is 9.17. The Bertz CT molecular complexity index is 841. The minimum absolute atomic E-state index is 0.376. The van der Waals surface area contributed by atoms with E-state index in [1.165, 1.54) is 250 Å². The van der Waals surface area contributed by atoms with E-state index in [9.17, 15) is 25.2 Å². The Hall–Kier alpha value is -0.690. The van der Waals surface area contributed by atoms with Crippen LogP contribution in [0.2, 0.25) is 0 Å². The van der Waals surface area contributed by atoms with Gasteiger partial charge in [-0.3, -0.25) is 4.79 Å². The van der Waals surface area contributed by atoms with Crippen LogP contribution in [0.5, 0.6) is 0 Å². The second-order valence-corrected chi connectivity index (χ2v) is 19.7. The number of amides is 1. The molecule has 6 heteroatoms. The molecule has 0 aromatic rings. The molecule has 61 heavy (non-hydrogen) atoms. The minimum Gasteiger partial charge on any atom is -0.394 e. The van der Waals surface area contributed by atoms with Gasteiger partial charge in [-0.2, -0.15) is 0 Å². The Labute approximate surface area is 381 Å². The average molecular weight is 866 g/mol. The van der Waals surface area contributed by atoms with Crippen molar-refractivity contribution < 1.29 is 25.2 Å². The van der Waals surface area contributed by atoms with Crippen LogP contribution >= 0.6 is 0 Å². The van der Waals surface area contributed by atoms with Gasteiger partial charge in [0, 0.05) is 0 Å². The van der Waals surface area contributed by atoms with Gasteiger partial charge in [-0.1, -0.05) is 303 Å². The Morgan fingerprint density at radius 3 is 0.787 bits per heavy atom. The van der Waals surface area contributed by atoms with E-state index in [1.54, 1.807) is 0 Å². The molecule has 0 aliphatic heterocycles. The highest BCUT2D eigenvalue weighted by molar-refractivity contribution is 5.80. The zero-order valence-corrected chi connectivity index (χ0v) is 41.4. The molecule has 6 nitrogen and oxygen atoms in total. The van der Waals surface area contributed by atoms with Crippen molar-refractivity contribution in [1.82, 2.24) is 5.32 Å². The van der Waals surface area contributed by atoms with Gasteiger partial charge in [-0.05, 0) is 12.8 Å². The van der Waals surface area contributed by atoms with Gasteiger partial charge in [0.05, 0.1) is 18.8 Å². The number of aliphatic hydroxyl groups is 4. The predicted molar refractivity (Wildman–Crippen MR) is 265 cm³/mol. The molecule has 0 aliphatic carbocycles. The van der Waals surface area contributed by atoms with Crippen LogP contribution in [0.1, 0.15) is 316 Å². The summed E-state index contributed by atoms with van der Waals surface area (Å²) in [5.74, 6) is -0.577. The molecule has 5 N–H and O–H groups in total. The molecule has 0 aliphatic rings. The van der Waals surface area contributed by atoms with Crippen LogP contribution in [0, 0.1) is 0 Å². The first-order valence-electron chi connectivity index (χ1n) is 27.9. The number of hydrogen-bond donors (Lipinski definition) is 5. The van der Waals surface area contributed by atoms with Gasteiger partial charge in [-0.25, -0.2) is 0 Å². The van der Waals surface area contributed by atoms with Crippen LogP contribution in [0.15, 0.2) is 0 Å². The molecule has 0 heterocycles. The lowest BCUT2D eigenvalue weighted by Crippen LogP contribution is -2.53. The van der Waals surface area contributed by atoms with E-state index < -0.39 is 36.9 Å². The zero-order chi connectivity index (χ0) is 44.5. The van der Waals surface area contributed by atoms with Crippen molar-refractivity contribution in [2.24, 2.45) is 0 Å². The highest BCUT2D eigenvalue weighted by Crippen LogP contribution is 2.19. The number of nitrogens with one attached hydrogen (secondary N) is 1. The summed E-state index contributed by atoms with van der Waals surface area (Å²) in [6.45, 7) is 4.09. The summed E-state index contributed by atoms with van der Waals surface area (Å²) in [5.41, 5.74) is 0. The Balaban J connectivity index is 3.56. The first kappa shape index (κ1) is 60.3. The van der Waals surface area contributed by atoms with Crippen LogP contribution in [0.3, 0.4) is 0 Å². The molecule has 1 amide bonds. The van der Waals surface area contributed by atoms with Gasteiger partial charge < -0.3 is 25.7 Å². The minimum atomic E-state index is -1.25. The largest absolute Gasteiger partial charge is 0.394 e. The van der Waals surface area contributed by atoms with Crippen molar-refractivity contribution in [3.8, 4) is 0 Å². The zero-order valence-electron chi connectivity index (χ0n) is 41.4. The van der Waals surface area contributed by atoms with Crippen molar-refractivity contribution in [3.05, 3.63) is 0 Å². The summed E-state index contributed by atoms with van der Waals surface area (Å²) >= 11 is 0. The fourth-order valence-electron chi connectivity index (χ4n) is 9.17. The first-order valence-corrected chi connectivity index (χ1v) is 27.9. The molecule has 0 rings (SSSR count). The normalized spacial score (nSPS) is 13.7. The van der Waals surface area contributed by atoms with Gasteiger partial charge in [0.15, 0.2) is 0 Å². The quantitative estimate of drug-likeness (QED) is 0.0391. The van der Waals surface area contributed by atoms with Crippen molar-refractivity contribution in [3.63, 3.8) is 0 Å². The number of carbonyl (C=O) groups is 1. The molecule has 0 aromatic carbocycles. The van der Waals surface area contributed by atoms with E-state index in [0.29, 0.717) is 12.8 Å². The van der Waals surface area contributed by atoms with Crippen molar-refractivity contribution in [2.45, 2.75) is 340 Å². The molecule has 0 saturated heterocycles. The monoisotopic (exact) mass is 866 g/mol. The smallest absolute Gasteiger partial charge is 0.249 e. The van der Waals surface area contributed by atoms with E-state index in [0.717, 1.165) is 38.5 Å². The SMILES string of the molecule is CCCCCCCCCCCCCCCCCCCCCCCCCCCCCCC(O)C(O)C(CO)NC(=O)C(O)CCCCCCCCCCCCCCCCCCC. The number of carbonyl (C=O) groups excluding carboxylic acids is 1. The molecule has 0 bridgehead atoms. The third-order valence-electron chi connectivity index (χ3n) is 13.6. The molecule has 4 atom stereocenters. The van der Waals surface area contributed by atoms with Crippen LogP contribution in [-0.4, -0.2) is 57.3 Å². The van der Waals surface area contributed by atoms with E-state index in [4.69, 9.17) is 0 Å². The third kappa shape index (κ3) is 44.3. The average Bonchev–Trinajstić information content (AvgIpc) is 3.26. The summed E-state index contributed by atoms with van der Waals surface area (Å²) in [6.07, 6.45) is 57.4. The number of hydrogen-bond acceptors (Lipinski definition) is 5. The van der Waals surface area contributed by atoms with Crippen LogP contribution in [-0.2, 0) is 4.79 Å². The summed E-state index contributed by atoms with van der Waals surface area (Å²) in [4.78, 5) is 12.6. The van der Waals surface area contributed by atoms with E-state index in [-0.39, 0.29) is 0 Å². The second kappa shape index (κ2) is 50.3. The van der Waals surface area contributed by atoms with Crippen LogP contribution in [0.4, 0.5) is 0 Å². The molecule has 0 saturated carbocycles. The van der Waals surface area contributed by atoms with Crippen molar-refractivity contribution >= 4 is 5.91 Å². The molecular formula is C55H111NO5. The lowest BCUT2D eigenvalue weighted by atomic mass is 9.99. The van der Waals surface area contributed by atoms with E-state index in [2.05, 4.69) is 19.2 Å². The standard InChI is InChI=1S/C55H111NO5/c1-3-5-7-9-11-13-15-17-19-21-22-23-24-25-26-27-28-29-30-31-33-34-36-38-40-42-44-46-48-52(58)54(60)51(50-57)56-55(61)53(59)49-47-45-43-41-39-37-35-32-20-18-16-14-12-10-8-6-4-2/h51-54,57-60H,3-50H2,1-2H3,(H,56,61). The van der Waals surface area contributed by atoms with E-state index in [1.807, 2.05) is 0 Å². The molecule has 4 unspecified atom stereocenters.